The van der Waals surface area contributed by atoms with Gasteiger partial charge < -0.3 is 16.0 Å². The molecule has 0 radical (unpaired) electrons. The number of anilines is 2. The fourth-order valence-corrected chi connectivity index (χ4v) is 2.29. The van der Waals surface area contributed by atoms with Crippen molar-refractivity contribution in [2.24, 2.45) is 7.05 Å². The highest BCUT2D eigenvalue weighted by molar-refractivity contribution is 5.69. The molecule has 2 atom stereocenters. The lowest BCUT2D eigenvalue weighted by Crippen LogP contribution is -2.55. The molecule has 9 heteroatoms. The molecule has 1 saturated heterocycles. The summed E-state index contributed by atoms with van der Waals surface area (Å²) in [5.41, 5.74) is 4.80. The molecule has 20 heavy (non-hydrogen) atoms. The molecule has 1 aliphatic rings. The van der Waals surface area contributed by atoms with Gasteiger partial charge in [0.05, 0.1) is 4.92 Å². The second-order valence-electron chi connectivity index (χ2n) is 5.08. The minimum atomic E-state index is -0.596. The number of nitrogens with zero attached hydrogens (tertiary/aromatic N) is 4. The first kappa shape index (κ1) is 14.3. The molecule has 2 heterocycles. The van der Waals surface area contributed by atoms with E-state index in [1.807, 2.05) is 13.8 Å². The zero-order chi connectivity index (χ0) is 15.0. The van der Waals surface area contributed by atoms with Crippen LogP contribution in [-0.4, -0.2) is 39.6 Å². The summed E-state index contributed by atoms with van der Waals surface area (Å²) in [6.45, 7) is 5.07. The van der Waals surface area contributed by atoms with Crippen LogP contribution in [0.25, 0.3) is 0 Å². The number of nitro groups is 1. The second-order valence-corrected chi connectivity index (χ2v) is 5.08. The summed E-state index contributed by atoms with van der Waals surface area (Å²) in [5.74, 6) is -0.125. The smallest absolute Gasteiger partial charge is 0.351 e. The van der Waals surface area contributed by atoms with Gasteiger partial charge in [-0.25, -0.2) is 4.79 Å². The van der Waals surface area contributed by atoms with E-state index in [1.165, 1.54) is 7.05 Å². The molecule has 0 saturated carbocycles. The third-order valence-corrected chi connectivity index (χ3v) is 3.52. The van der Waals surface area contributed by atoms with Gasteiger partial charge in [0.2, 0.25) is 5.82 Å². The predicted molar refractivity (Wildman–Crippen MR) is 74.8 cm³/mol. The molecule has 1 aliphatic heterocycles. The second kappa shape index (κ2) is 5.08. The van der Waals surface area contributed by atoms with E-state index in [0.717, 1.165) is 4.57 Å². The van der Waals surface area contributed by atoms with Crippen molar-refractivity contribution in [2.75, 3.05) is 23.7 Å². The molecule has 1 aromatic heterocycles. The van der Waals surface area contributed by atoms with Gasteiger partial charge in [0, 0.05) is 32.2 Å². The summed E-state index contributed by atoms with van der Waals surface area (Å²) in [4.78, 5) is 28.1. The maximum Gasteiger partial charge on any atom is 0.351 e. The van der Waals surface area contributed by atoms with Crippen molar-refractivity contribution in [1.82, 2.24) is 14.9 Å². The van der Waals surface area contributed by atoms with Gasteiger partial charge in [0.15, 0.2) is 5.82 Å². The maximum absolute atomic E-state index is 11.8. The molecule has 110 valence electrons. The Bertz CT molecular complexity index is 599. The Balaban J connectivity index is 2.60. The van der Waals surface area contributed by atoms with E-state index >= 15 is 0 Å². The summed E-state index contributed by atoms with van der Waals surface area (Å²) < 4.78 is 0.984. The Labute approximate surface area is 115 Å². The lowest BCUT2D eigenvalue weighted by molar-refractivity contribution is -0.383. The van der Waals surface area contributed by atoms with Crippen LogP contribution in [-0.2, 0) is 7.05 Å². The Morgan fingerprint density at radius 3 is 2.75 bits per heavy atom. The zero-order valence-corrected chi connectivity index (χ0v) is 11.7. The van der Waals surface area contributed by atoms with E-state index < -0.39 is 10.6 Å². The number of nitrogens with two attached hydrogens (primary N) is 1. The van der Waals surface area contributed by atoms with Gasteiger partial charge in [-0.3, -0.25) is 14.7 Å². The van der Waals surface area contributed by atoms with Gasteiger partial charge in [-0.2, -0.15) is 4.98 Å². The van der Waals surface area contributed by atoms with Crippen molar-refractivity contribution in [2.45, 2.75) is 25.9 Å². The van der Waals surface area contributed by atoms with Gasteiger partial charge in [0.1, 0.15) is 0 Å². The minimum absolute atomic E-state index is 0.0103. The van der Waals surface area contributed by atoms with Gasteiger partial charge >= 0.3 is 11.4 Å². The Hall–Kier alpha value is -2.16. The van der Waals surface area contributed by atoms with E-state index in [9.17, 15) is 14.9 Å². The van der Waals surface area contributed by atoms with Crippen molar-refractivity contribution in [3.8, 4) is 0 Å². The van der Waals surface area contributed by atoms with Crippen LogP contribution in [0, 0.1) is 10.1 Å². The molecule has 0 aromatic carbocycles. The normalized spacial score (nSPS) is 22.9. The highest BCUT2D eigenvalue weighted by Crippen LogP contribution is 2.31. The van der Waals surface area contributed by atoms with E-state index in [0.29, 0.717) is 13.1 Å². The highest BCUT2D eigenvalue weighted by atomic mass is 16.6. The number of rotatable bonds is 2. The van der Waals surface area contributed by atoms with Gasteiger partial charge in [-0.05, 0) is 13.8 Å². The molecule has 9 nitrogen and oxygen atoms in total. The van der Waals surface area contributed by atoms with E-state index in [-0.39, 0.29) is 29.4 Å². The molecule has 2 rings (SSSR count). The fraction of sp³-hybridized carbons (Fsp3) is 0.636. The summed E-state index contributed by atoms with van der Waals surface area (Å²) >= 11 is 0. The first-order chi connectivity index (χ1) is 9.32. The van der Waals surface area contributed by atoms with E-state index in [4.69, 9.17) is 5.73 Å². The number of hydrogen-bond acceptors (Lipinski definition) is 7. The van der Waals surface area contributed by atoms with Crippen LogP contribution in [0.15, 0.2) is 4.79 Å². The summed E-state index contributed by atoms with van der Waals surface area (Å²) in [6.07, 6.45) is 0. The van der Waals surface area contributed by atoms with Crippen LogP contribution in [0.1, 0.15) is 13.8 Å². The first-order valence-electron chi connectivity index (χ1n) is 6.33. The number of nitrogens with one attached hydrogen (secondary N) is 1. The molecule has 0 aliphatic carbocycles. The SMILES string of the molecule is C[C@@H]1CN(c2nc(=O)n(C)c(N)c2[N+](=O)[O-])[C@@H](C)CN1. The van der Waals surface area contributed by atoms with Crippen molar-refractivity contribution < 1.29 is 4.92 Å². The third-order valence-electron chi connectivity index (χ3n) is 3.52. The Kier molecular flexibility index (Phi) is 3.62. The van der Waals surface area contributed by atoms with E-state index in [2.05, 4.69) is 10.3 Å². The first-order valence-corrected chi connectivity index (χ1v) is 6.33. The summed E-state index contributed by atoms with van der Waals surface area (Å²) in [6, 6.07) is 0.141. The van der Waals surface area contributed by atoms with Crippen molar-refractivity contribution >= 4 is 17.3 Å². The van der Waals surface area contributed by atoms with Gasteiger partial charge in [-0.15, -0.1) is 0 Å². The minimum Gasteiger partial charge on any atom is -0.379 e. The van der Waals surface area contributed by atoms with Gasteiger partial charge in [-0.1, -0.05) is 0 Å². The molecule has 1 aromatic rings. The highest BCUT2D eigenvalue weighted by Gasteiger charge is 2.32. The van der Waals surface area contributed by atoms with Crippen molar-refractivity contribution in [1.29, 1.82) is 0 Å². The third kappa shape index (κ3) is 2.31. The number of nitrogen functional groups attached to an aromatic ring is 1. The predicted octanol–water partition coefficient (Wildman–Crippen LogP) is -0.543. The number of hydrogen-bond donors (Lipinski definition) is 2. The molecule has 0 unspecified atom stereocenters. The topological polar surface area (TPSA) is 119 Å². The van der Waals surface area contributed by atoms with E-state index in [1.54, 1.807) is 4.90 Å². The number of piperazine rings is 1. The van der Waals surface area contributed by atoms with Gasteiger partial charge in [0.25, 0.3) is 0 Å². The average Bonchev–Trinajstić information content (AvgIpc) is 2.38. The van der Waals surface area contributed by atoms with Crippen LogP contribution in [0.3, 0.4) is 0 Å². The zero-order valence-electron chi connectivity index (χ0n) is 11.7. The Morgan fingerprint density at radius 1 is 1.50 bits per heavy atom. The average molecular weight is 282 g/mol. The monoisotopic (exact) mass is 282 g/mol. The van der Waals surface area contributed by atoms with Crippen LogP contribution in [0.2, 0.25) is 0 Å². The van der Waals surface area contributed by atoms with Crippen molar-refractivity contribution in [3.63, 3.8) is 0 Å². The molecule has 0 spiro atoms. The Morgan fingerprint density at radius 2 is 2.15 bits per heavy atom. The fourth-order valence-electron chi connectivity index (χ4n) is 2.29. The molecule has 1 fully saturated rings. The molecular weight excluding hydrogens is 264 g/mol. The lowest BCUT2D eigenvalue weighted by Gasteiger charge is -2.37. The summed E-state index contributed by atoms with van der Waals surface area (Å²) in [7, 11) is 1.37. The van der Waals surface area contributed by atoms with Crippen LogP contribution in [0.5, 0.6) is 0 Å². The number of aromatic nitrogens is 2. The van der Waals surface area contributed by atoms with Crippen LogP contribution < -0.4 is 21.6 Å². The maximum atomic E-state index is 11.8. The molecule has 0 bridgehead atoms. The van der Waals surface area contributed by atoms with Crippen molar-refractivity contribution in [3.05, 3.63) is 20.6 Å². The lowest BCUT2D eigenvalue weighted by atomic mass is 10.1. The largest absolute Gasteiger partial charge is 0.379 e. The molecule has 3 N–H and O–H groups in total. The molecular formula is C11H18N6O3. The molecule has 0 amide bonds. The quantitative estimate of drug-likeness (QED) is 0.552. The van der Waals surface area contributed by atoms with Crippen LogP contribution >= 0.6 is 0 Å². The standard InChI is InChI=1S/C11H18N6O3/c1-6-5-16(7(2)4-13-6)10-8(17(19)20)9(12)15(3)11(18)14-10/h6-7,13H,4-5,12H2,1-3H3/t6-,7+/m1/s1. The summed E-state index contributed by atoms with van der Waals surface area (Å²) in [5, 5.41) is 14.5. The van der Waals surface area contributed by atoms with Crippen LogP contribution in [0.4, 0.5) is 17.3 Å².